The number of hydrogen-bond donors (Lipinski definition) is 1. The van der Waals surface area contributed by atoms with Crippen LogP contribution in [0.2, 0.25) is 15.1 Å². The highest BCUT2D eigenvalue weighted by atomic mass is 79.9. The van der Waals surface area contributed by atoms with E-state index in [4.69, 9.17) is 44.3 Å². The fourth-order valence-corrected chi connectivity index (χ4v) is 2.80. The first-order valence-electron chi connectivity index (χ1n) is 6.77. The van der Waals surface area contributed by atoms with Crippen LogP contribution >= 0.6 is 50.7 Å². The number of hydrogen-bond acceptors (Lipinski definition) is 4. The van der Waals surface area contributed by atoms with E-state index >= 15 is 0 Å². The van der Waals surface area contributed by atoms with Crippen LogP contribution in [0, 0.1) is 0 Å². The molecule has 0 atom stereocenters. The number of halogens is 4. The zero-order valence-corrected chi connectivity index (χ0v) is 16.6. The van der Waals surface area contributed by atoms with Gasteiger partial charge in [0, 0.05) is 4.47 Å². The molecule has 0 unspecified atom stereocenters. The molecule has 0 bridgehead atoms. The molecule has 2 aromatic rings. The first kappa shape index (κ1) is 19.8. The van der Waals surface area contributed by atoms with Crippen LogP contribution in [0.3, 0.4) is 0 Å². The predicted molar refractivity (Wildman–Crippen MR) is 101 cm³/mol. The minimum atomic E-state index is -0.679. The molecule has 0 saturated carbocycles. The van der Waals surface area contributed by atoms with E-state index in [1.165, 1.54) is 25.3 Å². The fraction of sp³-hybridized carbons (Fsp3) is 0.125. The van der Waals surface area contributed by atoms with E-state index in [0.29, 0.717) is 10.2 Å². The van der Waals surface area contributed by atoms with Crippen molar-refractivity contribution < 1.29 is 19.1 Å². The third-order valence-corrected chi connectivity index (χ3v) is 4.74. The van der Waals surface area contributed by atoms with Crippen LogP contribution < -0.4 is 10.1 Å². The molecule has 2 aromatic carbocycles. The van der Waals surface area contributed by atoms with Gasteiger partial charge >= 0.3 is 5.97 Å². The Kier molecular flexibility index (Phi) is 6.95. The highest BCUT2D eigenvalue weighted by molar-refractivity contribution is 9.10. The zero-order chi connectivity index (χ0) is 18.6. The van der Waals surface area contributed by atoms with Crippen LogP contribution in [0.15, 0.2) is 34.8 Å². The van der Waals surface area contributed by atoms with Gasteiger partial charge in [-0.2, -0.15) is 0 Å². The number of rotatable bonds is 5. The van der Waals surface area contributed by atoms with Crippen LogP contribution in [0.25, 0.3) is 0 Å². The Hall–Kier alpha value is -1.47. The van der Waals surface area contributed by atoms with Gasteiger partial charge < -0.3 is 14.8 Å². The second-order valence-electron chi connectivity index (χ2n) is 4.72. The number of carbonyl (C=O) groups excluding carboxylic acids is 2. The maximum absolute atomic E-state index is 12.1. The van der Waals surface area contributed by atoms with E-state index in [1.807, 2.05) is 0 Å². The summed E-state index contributed by atoms with van der Waals surface area (Å²) in [6.07, 6.45) is 0. The summed E-state index contributed by atoms with van der Waals surface area (Å²) in [5, 5.41) is 3.21. The van der Waals surface area contributed by atoms with Crippen LogP contribution in [0.4, 0.5) is 5.69 Å². The third-order valence-electron chi connectivity index (χ3n) is 3.01. The van der Waals surface area contributed by atoms with Crippen LogP contribution in [-0.2, 0) is 9.53 Å². The summed E-state index contributed by atoms with van der Waals surface area (Å²) in [5.41, 5.74) is 0.499. The summed E-state index contributed by atoms with van der Waals surface area (Å²) >= 11 is 20.9. The Labute approximate surface area is 167 Å². The average molecular weight is 468 g/mol. The van der Waals surface area contributed by atoms with E-state index < -0.39 is 18.5 Å². The number of methoxy groups -OCH3 is 1. The number of carbonyl (C=O) groups is 2. The molecule has 9 heteroatoms. The normalized spacial score (nSPS) is 10.3. The van der Waals surface area contributed by atoms with E-state index in [-0.39, 0.29) is 26.3 Å². The Morgan fingerprint density at radius 2 is 1.76 bits per heavy atom. The van der Waals surface area contributed by atoms with Gasteiger partial charge in [0.2, 0.25) is 0 Å². The van der Waals surface area contributed by atoms with Crippen molar-refractivity contribution in [2.75, 3.05) is 19.0 Å². The monoisotopic (exact) mass is 465 g/mol. The quantitative estimate of drug-likeness (QED) is 0.484. The van der Waals surface area contributed by atoms with Gasteiger partial charge in [-0.05, 0) is 46.3 Å². The molecule has 132 valence electrons. The first-order chi connectivity index (χ1) is 11.8. The SMILES string of the molecule is COc1ccc(Br)c(C(=O)OCC(=O)Nc2cc(Cl)c(Cl)cc2Cl)c1. The molecular formula is C16H11BrCl3NO4. The largest absolute Gasteiger partial charge is 0.497 e. The van der Waals surface area contributed by atoms with Gasteiger partial charge in [-0.15, -0.1) is 0 Å². The summed E-state index contributed by atoms with van der Waals surface area (Å²) < 4.78 is 10.6. The zero-order valence-electron chi connectivity index (χ0n) is 12.7. The summed E-state index contributed by atoms with van der Waals surface area (Å²) in [7, 11) is 1.48. The van der Waals surface area contributed by atoms with E-state index in [0.717, 1.165) is 0 Å². The lowest BCUT2D eigenvalue weighted by Gasteiger charge is -2.10. The molecule has 1 N–H and O–H groups in total. The topological polar surface area (TPSA) is 64.6 Å². The molecular weight excluding hydrogens is 456 g/mol. The van der Waals surface area contributed by atoms with Crippen LogP contribution in [-0.4, -0.2) is 25.6 Å². The standard InChI is InChI=1S/C16H11BrCl3NO4/c1-24-8-2-3-10(17)9(4-8)16(23)25-7-15(22)21-14-6-12(19)11(18)5-13(14)20/h2-6H,7H2,1H3,(H,21,22). The Balaban J connectivity index is 2.00. The summed E-state index contributed by atoms with van der Waals surface area (Å²) in [6.45, 7) is -0.501. The van der Waals surface area contributed by atoms with Gasteiger partial charge in [0.15, 0.2) is 6.61 Å². The smallest absolute Gasteiger partial charge is 0.339 e. The molecule has 0 heterocycles. The Morgan fingerprint density at radius 3 is 2.44 bits per heavy atom. The molecule has 0 aliphatic carbocycles. The van der Waals surface area contributed by atoms with Gasteiger partial charge in [-0.3, -0.25) is 4.79 Å². The predicted octanol–water partition coefficient (Wildman–Crippen LogP) is 5.21. The molecule has 2 rings (SSSR count). The summed E-state index contributed by atoms with van der Waals surface area (Å²) in [6, 6.07) is 7.63. The molecule has 0 aliphatic rings. The van der Waals surface area contributed by atoms with Crippen molar-refractivity contribution in [3.63, 3.8) is 0 Å². The van der Waals surface area contributed by atoms with Crippen molar-refractivity contribution in [1.82, 2.24) is 0 Å². The minimum Gasteiger partial charge on any atom is -0.497 e. The second-order valence-corrected chi connectivity index (χ2v) is 6.79. The minimum absolute atomic E-state index is 0.213. The van der Waals surface area contributed by atoms with Crippen molar-refractivity contribution >= 4 is 68.3 Å². The molecule has 0 radical (unpaired) electrons. The lowest BCUT2D eigenvalue weighted by molar-refractivity contribution is -0.119. The van der Waals surface area contributed by atoms with E-state index in [2.05, 4.69) is 21.2 Å². The number of esters is 1. The van der Waals surface area contributed by atoms with Gasteiger partial charge in [0.1, 0.15) is 5.75 Å². The van der Waals surface area contributed by atoms with Crippen molar-refractivity contribution in [3.8, 4) is 5.75 Å². The second kappa shape index (κ2) is 8.76. The third kappa shape index (κ3) is 5.25. The highest BCUT2D eigenvalue weighted by Crippen LogP contribution is 2.32. The molecule has 1 amide bonds. The molecule has 5 nitrogen and oxygen atoms in total. The highest BCUT2D eigenvalue weighted by Gasteiger charge is 2.16. The fourth-order valence-electron chi connectivity index (χ4n) is 1.80. The van der Waals surface area contributed by atoms with Crippen molar-refractivity contribution in [1.29, 1.82) is 0 Å². The van der Waals surface area contributed by atoms with Crippen molar-refractivity contribution in [3.05, 3.63) is 55.4 Å². The van der Waals surface area contributed by atoms with Crippen molar-refractivity contribution in [2.24, 2.45) is 0 Å². The average Bonchev–Trinajstić information content (AvgIpc) is 2.58. The molecule has 0 aromatic heterocycles. The van der Waals surface area contributed by atoms with Gasteiger partial charge in [0.05, 0.1) is 33.4 Å². The Bertz CT molecular complexity index is 829. The van der Waals surface area contributed by atoms with Gasteiger partial charge in [-0.1, -0.05) is 34.8 Å². The molecule has 0 aliphatic heterocycles. The first-order valence-corrected chi connectivity index (χ1v) is 8.69. The Morgan fingerprint density at radius 1 is 1.08 bits per heavy atom. The lowest BCUT2D eigenvalue weighted by atomic mass is 10.2. The number of ether oxygens (including phenoxy) is 2. The number of anilines is 1. The molecule has 25 heavy (non-hydrogen) atoms. The molecule has 0 fully saturated rings. The molecule has 0 saturated heterocycles. The maximum atomic E-state index is 12.1. The van der Waals surface area contributed by atoms with Crippen LogP contribution in [0.1, 0.15) is 10.4 Å². The summed E-state index contributed by atoms with van der Waals surface area (Å²) in [4.78, 5) is 24.0. The number of amides is 1. The molecule has 0 spiro atoms. The number of nitrogens with one attached hydrogen (secondary N) is 1. The van der Waals surface area contributed by atoms with E-state index in [9.17, 15) is 9.59 Å². The van der Waals surface area contributed by atoms with Gasteiger partial charge in [0.25, 0.3) is 5.91 Å². The number of benzene rings is 2. The van der Waals surface area contributed by atoms with Crippen molar-refractivity contribution in [2.45, 2.75) is 0 Å². The summed E-state index contributed by atoms with van der Waals surface area (Å²) in [5.74, 6) is -0.768. The van der Waals surface area contributed by atoms with E-state index in [1.54, 1.807) is 12.1 Å². The maximum Gasteiger partial charge on any atom is 0.339 e. The van der Waals surface area contributed by atoms with Gasteiger partial charge in [-0.25, -0.2) is 4.79 Å². The lowest BCUT2D eigenvalue weighted by Crippen LogP contribution is -2.21. The van der Waals surface area contributed by atoms with Crippen LogP contribution in [0.5, 0.6) is 5.75 Å².